The van der Waals surface area contributed by atoms with Crippen molar-refractivity contribution >= 4 is 11.6 Å². The third-order valence-corrected chi connectivity index (χ3v) is 5.81. The van der Waals surface area contributed by atoms with Gasteiger partial charge in [0.1, 0.15) is 38.0 Å². The summed E-state index contributed by atoms with van der Waals surface area (Å²) in [6.45, 7) is 4.03. The van der Waals surface area contributed by atoms with E-state index in [0.717, 1.165) is 43.9 Å². The molecule has 0 aliphatic carbocycles. The second kappa shape index (κ2) is 9.43. The molecule has 6 nitrogen and oxygen atoms in total. The van der Waals surface area contributed by atoms with Gasteiger partial charge in [0, 0.05) is 24.8 Å². The molecule has 0 N–H and O–H groups in total. The molecule has 6 heteroatoms. The summed E-state index contributed by atoms with van der Waals surface area (Å²) in [5.74, 6) is 2.44. The summed E-state index contributed by atoms with van der Waals surface area (Å²) in [5.41, 5.74) is 3.70. The van der Waals surface area contributed by atoms with E-state index in [1.807, 2.05) is 36.4 Å². The molecule has 1 saturated heterocycles. The van der Waals surface area contributed by atoms with Crippen molar-refractivity contribution in [1.29, 1.82) is 0 Å². The largest absolute Gasteiger partial charge is 0.490 e. The number of ether oxygens (including phenoxy) is 4. The molecule has 0 spiro atoms. The zero-order chi connectivity index (χ0) is 20.9. The fourth-order valence-electron chi connectivity index (χ4n) is 4.17. The van der Waals surface area contributed by atoms with E-state index in [4.69, 9.17) is 18.9 Å². The van der Waals surface area contributed by atoms with Crippen LogP contribution in [0.15, 0.2) is 59.6 Å². The smallest absolute Gasteiger partial charge is 0.212 e. The van der Waals surface area contributed by atoms with E-state index in [-0.39, 0.29) is 6.10 Å². The minimum Gasteiger partial charge on any atom is -0.490 e. The van der Waals surface area contributed by atoms with Gasteiger partial charge in [-0.1, -0.05) is 18.2 Å². The lowest BCUT2D eigenvalue weighted by atomic mass is 9.95. The highest BCUT2D eigenvalue weighted by Gasteiger charge is 2.25. The van der Waals surface area contributed by atoms with Gasteiger partial charge in [-0.15, -0.1) is 0 Å². The Hall–Kier alpha value is -2.99. The summed E-state index contributed by atoms with van der Waals surface area (Å²) >= 11 is 0. The van der Waals surface area contributed by atoms with E-state index in [0.29, 0.717) is 32.4 Å². The first-order valence-corrected chi connectivity index (χ1v) is 11.0. The lowest BCUT2D eigenvalue weighted by Crippen LogP contribution is -2.33. The molecule has 1 atom stereocenters. The number of hydrogen-bond donors (Lipinski definition) is 0. The van der Waals surface area contributed by atoms with E-state index in [2.05, 4.69) is 28.1 Å². The number of hydrogen-bond acceptors (Lipinski definition) is 6. The van der Waals surface area contributed by atoms with Crippen LogP contribution in [0.1, 0.15) is 24.0 Å². The predicted molar refractivity (Wildman–Crippen MR) is 119 cm³/mol. The molecule has 0 saturated carbocycles. The molecule has 0 aromatic heterocycles. The van der Waals surface area contributed by atoms with Crippen LogP contribution in [0.4, 0.5) is 0 Å². The molecule has 2 aromatic rings. The average Bonchev–Trinajstić information content (AvgIpc) is 3.34. The van der Waals surface area contributed by atoms with Crippen molar-refractivity contribution in [1.82, 2.24) is 4.90 Å². The molecule has 162 valence electrons. The molecule has 0 radical (unpaired) electrons. The van der Waals surface area contributed by atoms with Gasteiger partial charge >= 0.3 is 0 Å². The Labute approximate surface area is 183 Å². The van der Waals surface area contributed by atoms with E-state index in [1.165, 1.54) is 16.8 Å². The van der Waals surface area contributed by atoms with Crippen molar-refractivity contribution in [3.63, 3.8) is 0 Å². The number of rotatable bonds is 7. The molecular weight excluding hydrogens is 392 g/mol. The van der Waals surface area contributed by atoms with Crippen molar-refractivity contribution in [2.75, 3.05) is 39.6 Å². The third-order valence-electron chi connectivity index (χ3n) is 5.81. The third kappa shape index (κ3) is 4.85. The van der Waals surface area contributed by atoms with Crippen LogP contribution < -0.4 is 9.47 Å². The van der Waals surface area contributed by atoms with Crippen molar-refractivity contribution in [3.05, 3.63) is 65.7 Å². The number of aliphatic imine (C=N–C) groups is 1. The first kappa shape index (κ1) is 19.9. The van der Waals surface area contributed by atoms with Crippen molar-refractivity contribution in [2.45, 2.75) is 25.4 Å². The molecule has 1 fully saturated rings. The van der Waals surface area contributed by atoms with E-state index in [9.17, 15) is 0 Å². The molecule has 2 aromatic carbocycles. The maximum Gasteiger partial charge on any atom is 0.212 e. The van der Waals surface area contributed by atoms with Gasteiger partial charge in [-0.2, -0.15) is 0 Å². The average molecular weight is 421 g/mol. The molecular formula is C25H28N2O4. The Morgan fingerprint density at radius 2 is 1.87 bits per heavy atom. The van der Waals surface area contributed by atoms with Gasteiger partial charge in [0.25, 0.3) is 0 Å². The van der Waals surface area contributed by atoms with Crippen LogP contribution in [0.2, 0.25) is 0 Å². The van der Waals surface area contributed by atoms with Crippen LogP contribution in [0.5, 0.6) is 11.5 Å². The Morgan fingerprint density at radius 3 is 2.71 bits per heavy atom. The Bertz CT molecular complexity index is 951. The Balaban J connectivity index is 1.19. The highest BCUT2D eigenvalue weighted by Crippen LogP contribution is 2.33. The molecule has 0 bridgehead atoms. The number of nitrogens with zero attached hydrogens (tertiary/aromatic N) is 2. The van der Waals surface area contributed by atoms with Crippen molar-refractivity contribution in [3.8, 4) is 11.5 Å². The highest BCUT2D eigenvalue weighted by molar-refractivity contribution is 5.96. The summed E-state index contributed by atoms with van der Waals surface area (Å²) < 4.78 is 23.2. The van der Waals surface area contributed by atoms with Crippen LogP contribution in [-0.4, -0.2) is 56.5 Å². The topological polar surface area (TPSA) is 52.5 Å². The molecule has 5 rings (SSSR count). The van der Waals surface area contributed by atoms with E-state index >= 15 is 0 Å². The standard InChI is InChI=1S/C25H28N2O4/c1-2-5-20(6-3-1)29-13-14-30-21-8-9-23-19(15-21)10-11-27-18-26-25(16-24(23)27)31-17-22-7-4-12-28-22/h1-3,5-6,8-9,15-16,22H,4,7,10-14,17-18H2. The summed E-state index contributed by atoms with van der Waals surface area (Å²) in [6.07, 6.45) is 5.42. The zero-order valence-corrected chi connectivity index (χ0v) is 17.7. The van der Waals surface area contributed by atoms with Gasteiger partial charge < -0.3 is 23.8 Å². The van der Waals surface area contributed by atoms with Gasteiger partial charge in [-0.25, -0.2) is 4.99 Å². The van der Waals surface area contributed by atoms with Crippen LogP contribution >= 0.6 is 0 Å². The second-order valence-electron chi connectivity index (χ2n) is 7.96. The number of benzene rings is 2. The van der Waals surface area contributed by atoms with Crippen molar-refractivity contribution < 1.29 is 18.9 Å². The first-order chi connectivity index (χ1) is 15.3. The fourth-order valence-corrected chi connectivity index (χ4v) is 4.17. The Kier molecular flexibility index (Phi) is 6.07. The van der Waals surface area contributed by atoms with Crippen LogP contribution in [0, 0.1) is 0 Å². The molecule has 1 unspecified atom stereocenters. The summed E-state index contributed by atoms with van der Waals surface area (Å²) in [5, 5.41) is 0. The molecule has 3 aliphatic heterocycles. The van der Waals surface area contributed by atoms with Gasteiger partial charge in [0.05, 0.1) is 11.8 Å². The normalized spacial score (nSPS) is 19.7. The maximum absolute atomic E-state index is 5.94. The minimum absolute atomic E-state index is 0.198. The number of fused-ring (bicyclic) bond motifs is 3. The van der Waals surface area contributed by atoms with Crippen LogP contribution in [0.25, 0.3) is 5.70 Å². The van der Waals surface area contributed by atoms with E-state index < -0.39 is 0 Å². The molecule has 3 aliphatic rings. The maximum atomic E-state index is 5.94. The van der Waals surface area contributed by atoms with Crippen molar-refractivity contribution in [2.24, 2.45) is 4.99 Å². The SMILES string of the molecule is C1=C2c3ccc(OCCOc4ccccc4)cc3CCN2CN=C1OCC1CCCO1. The van der Waals surface area contributed by atoms with Gasteiger partial charge in [0.15, 0.2) is 0 Å². The van der Waals surface area contributed by atoms with Crippen LogP contribution in [0.3, 0.4) is 0 Å². The predicted octanol–water partition coefficient (Wildman–Crippen LogP) is 3.91. The summed E-state index contributed by atoms with van der Waals surface area (Å²) in [6, 6.07) is 16.1. The second-order valence-corrected chi connectivity index (χ2v) is 7.96. The van der Waals surface area contributed by atoms with Gasteiger partial charge in [-0.3, -0.25) is 0 Å². The summed E-state index contributed by atoms with van der Waals surface area (Å²) in [7, 11) is 0. The summed E-state index contributed by atoms with van der Waals surface area (Å²) in [4.78, 5) is 6.89. The monoisotopic (exact) mass is 420 g/mol. The molecule has 3 heterocycles. The fraction of sp³-hybridized carbons (Fsp3) is 0.400. The van der Waals surface area contributed by atoms with Gasteiger partial charge in [-0.05, 0) is 55.2 Å². The quantitative estimate of drug-likeness (QED) is 0.636. The molecule has 31 heavy (non-hydrogen) atoms. The minimum atomic E-state index is 0.198. The molecule has 0 amide bonds. The Morgan fingerprint density at radius 1 is 1.00 bits per heavy atom. The first-order valence-electron chi connectivity index (χ1n) is 11.0. The number of para-hydroxylation sites is 1. The van der Waals surface area contributed by atoms with Crippen LogP contribution in [-0.2, 0) is 15.9 Å². The highest BCUT2D eigenvalue weighted by atomic mass is 16.5. The zero-order valence-electron chi connectivity index (χ0n) is 17.7. The lowest BCUT2D eigenvalue weighted by Gasteiger charge is -2.34. The van der Waals surface area contributed by atoms with Gasteiger partial charge in [0.2, 0.25) is 5.90 Å². The lowest BCUT2D eigenvalue weighted by molar-refractivity contribution is 0.0639. The van der Waals surface area contributed by atoms with E-state index in [1.54, 1.807) is 0 Å².